The van der Waals surface area contributed by atoms with Gasteiger partial charge in [-0.3, -0.25) is 4.90 Å². The minimum Gasteiger partial charge on any atom is -0.378 e. The third-order valence-corrected chi connectivity index (χ3v) is 4.54. The van der Waals surface area contributed by atoms with Crippen LogP contribution < -0.4 is 5.73 Å². The van der Waals surface area contributed by atoms with Gasteiger partial charge in [0.05, 0.1) is 12.2 Å². The van der Waals surface area contributed by atoms with E-state index in [9.17, 15) is 0 Å². The zero-order chi connectivity index (χ0) is 11.7. The number of nitrogens with zero attached hydrogens (tertiary/aromatic N) is 1. The first-order valence-corrected chi connectivity index (χ1v) is 6.99. The van der Waals surface area contributed by atoms with Gasteiger partial charge in [0, 0.05) is 38.3 Å². The van der Waals surface area contributed by atoms with Crippen LogP contribution >= 0.6 is 0 Å². The van der Waals surface area contributed by atoms with Crippen molar-refractivity contribution in [1.82, 2.24) is 4.90 Å². The standard InChI is InChI=1S/C13H24N2O2/c14-11-2-1-5-15(9-11)12-3-6-17-13(8-12)4-7-16-10-13/h11-12H,1-10,14H2/t11-,12?,13?/m1/s1. The first kappa shape index (κ1) is 11.9. The van der Waals surface area contributed by atoms with E-state index in [1.54, 1.807) is 0 Å². The summed E-state index contributed by atoms with van der Waals surface area (Å²) in [5, 5.41) is 0. The predicted octanol–water partition coefficient (Wildman–Crippen LogP) is 0.748. The summed E-state index contributed by atoms with van der Waals surface area (Å²) in [5.74, 6) is 0. The Balaban J connectivity index is 1.62. The molecule has 98 valence electrons. The molecule has 1 spiro atoms. The van der Waals surface area contributed by atoms with Crippen molar-refractivity contribution in [3.63, 3.8) is 0 Å². The minimum absolute atomic E-state index is 0.0322. The summed E-state index contributed by atoms with van der Waals surface area (Å²) in [4.78, 5) is 2.59. The fraction of sp³-hybridized carbons (Fsp3) is 1.00. The molecular formula is C13H24N2O2. The van der Waals surface area contributed by atoms with Gasteiger partial charge in [0.2, 0.25) is 0 Å². The lowest BCUT2D eigenvalue weighted by molar-refractivity contribution is -0.108. The van der Waals surface area contributed by atoms with E-state index in [0.717, 1.165) is 45.6 Å². The smallest absolute Gasteiger partial charge is 0.0951 e. The molecule has 0 radical (unpaired) electrons. The number of piperidine rings is 1. The largest absolute Gasteiger partial charge is 0.378 e. The summed E-state index contributed by atoms with van der Waals surface area (Å²) < 4.78 is 11.5. The van der Waals surface area contributed by atoms with E-state index in [4.69, 9.17) is 15.2 Å². The van der Waals surface area contributed by atoms with Crippen LogP contribution in [-0.2, 0) is 9.47 Å². The molecule has 0 saturated carbocycles. The Kier molecular flexibility index (Phi) is 3.39. The second-order valence-electron chi connectivity index (χ2n) is 5.88. The van der Waals surface area contributed by atoms with Crippen molar-refractivity contribution in [2.24, 2.45) is 5.73 Å². The van der Waals surface area contributed by atoms with Gasteiger partial charge in [-0.15, -0.1) is 0 Å². The Labute approximate surface area is 103 Å². The number of likely N-dealkylation sites (tertiary alicyclic amines) is 1. The Morgan fingerprint density at radius 2 is 2.18 bits per heavy atom. The van der Waals surface area contributed by atoms with Crippen LogP contribution in [0.15, 0.2) is 0 Å². The maximum absolute atomic E-state index is 6.08. The predicted molar refractivity (Wildman–Crippen MR) is 65.9 cm³/mol. The summed E-state index contributed by atoms with van der Waals surface area (Å²) in [7, 11) is 0. The minimum atomic E-state index is 0.0322. The van der Waals surface area contributed by atoms with Gasteiger partial charge in [0.1, 0.15) is 0 Å². The van der Waals surface area contributed by atoms with E-state index >= 15 is 0 Å². The van der Waals surface area contributed by atoms with Crippen molar-refractivity contribution in [2.75, 3.05) is 32.9 Å². The monoisotopic (exact) mass is 240 g/mol. The zero-order valence-electron chi connectivity index (χ0n) is 10.6. The van der Waals surface area contributed by atoms with E-state index in [2.05, 4.69) is 4.90 Å². The molecule has 3 heterocycles. The number of hydrogen-bond acceptors (Lipinski definition) is 4. The normalized spacial score (nSPS) is 44.3. The molecule has 3 atom stereocenters. The molecule has 4 heteroatoms. The maximum atomic E-state index is 6.08. The van der Waals surface area contributed by atoms with Crippen molar-refractivity contribution in [3.05, 3.63) is 0 Å². The molecule has 0 bridgehead atoms. The Morgan fingerprint density at radius 3 is 2.94 bits per heavy atom. The lowest BCUT2D eigenvalue weighted by atomic mass is 9.88. The molecule has 0 amide bonds. The fourth-order valence-corrected chi connectivity index (χ4v) is 3.55. The first-order valence-electron chi connectivity index (χ1n) is 6.99. The van der Waals surface area contributed by atoms with Gasteiger partial charge in [0.15, 0.2) is 0 Å². The van der Waals surface area contributed by atoms with E-state index in [0.29, 0.717) is 12.1 Å². The van der Waals surface area contributed by atoms with Crippen LogP contribution in [-0.4, -0.2) is 55.5 Å². The number of rotatable bonds is 1. The van der Waals surface area contributed by atoms with Crippen molar-refractivity contribution in [2.45, 2.75) is 49.8 Å². The molecular weight excluding hydrogens is 216 g/mol. The topological polar surface area (TPSA) is 47.7 Å². The van der Waals surface area contributed by atoms with E-state index < -0.39 is 0 Å². The van der Waals surface area contributed by atoms with Crippen molar-refractivity contribution in [3.8, 4) is 0 Å². The SMILES string of the molecule is N[C@@H]1CCCN(C2CCOC3(CCOC3)C2)C1. The van der Waals surface area contributed by atoms with Gasteiger partial charge in [-0.05, 0) is 32.2 Å². The Bertz CT molecular complexity index is 266. The van der Waals surface area contributed by atoms with Crippen molar-refractivity contribution < 1.29 is 9.47 Å². The summed E-state index contributed by atoms with van der Waals surface area (Å²) in [6, 6.07) is 1.04. The van der Waals surface area contributed by atoms with Crippen molar-refractivity contribution >= 4 is 0 Å². The fourth-order valence-electron chi connectivity index (χ4n) is 3.55. The summed E-state index contributed by atoms with van der Waals surface area (Å²) in [6.07, 6.45) is 5.81. The molecule has 0 aromatic carbocycles. The molecule has 2 N–H and O–H groups in total. The first-order chi connectivity index (χ1) is 8.27. The van der Waals surface area contributed by atoms with Crippen LogP contribution in [0.3, 0.4) is 0 Å². The summed E-state index contributed by atoms with van der Waals surface area (Å²) >= 11 is 0. The van der Waals surface area contributed by atoms with Crippen LogP contribution in [0.2, 0.25) is 0 Å². The number of nitrogens with two attached hydrogens (primary N) is 1. The summed E-state index contributed by atoms with van der Waals surface area (Å²) in [6.45, 7) is 4.84. The van der Waals surface area contributed by atoms with Gasteiger partial charge in [-0.2, -0.15) is 0 Å². The highest BCUT2D eigenvalue weighted by atomic mass is 16.6. The number of ether oxygens (including phenoxy) is 2. The zero-order valence-corrected chi connectivity index (χ0v) is 10.6. The van der Waals surface area contributed by atoms with Gasteiger partial charge < -0.3 is 15.2 Å². The highest BCUT2D eigenvalue weighted by Crippen LogP contribution is 2.35. The van der Waals surface area contributed by atoms with Crippen molar-refractivity contribution in [1.29, 1.82) is 0 Å². The summed E-state index contributed by atoms with van der Waals surface area (Å²) in [5.41, 5.74) is 6.11. The van der Waals surface area contributed by atoms with Gasteiger partial charge in [-0.1, -0.05) is 0 Å². The van der Waals surface area contributed by atoms with Gasteiger partial charge in [-0.25, -0.2) is 0 Å². The average molecular weight is 240 g/mol. The molecule has 4 nitrogen and oxygen atoms in total. The average Bonchev–Trinajstić information content (AvgIpc) is 2.77. The van der Waals surface area contributed by atoms with Crippen LogP contribution in [0.1, 0.15) is 32.1 Å². The second-order valence-corrected chi connectivity index (χ2v) is 5.88. The van der Waals surface area contributed by atoms with Gasteiger partial charge >= 0.3 is 0 Å². The molecule has 0 aromatic heterocycles. The lowest BCUT2D eigenvalue weighted by Crippen LogP contribution is -2.53. The lowest BCUT2D eigenvalue weighted by Gasteiger charge is -2.44. The van der Waals surface area contributed by atoms with Crippen LogP contribution in [0.4, 0.5) is 0 Å². The third kappa shape index (κ3) is 2.50. The third-order valence-electron chi connectivity index (χ3n) is 4.54. The molecule has 2 unspecified atom stereocenters. The maximum Gasteiger partial charge on any atom is 0.0951 e. The molecule has 3 fully saturated rings. The molecule has 17 heavy (non-hydrogen) atoms. The van der Waals surface area contributed by atoms with Crippen LogP contribution in [0.25, 0.3) is 0 Å². The van der Waals surface area contributed by atoms with E-state index in [1.165, 1.54) is 19.4 Å². The Morgan fingerprint density at radius 1 is 1.24 bits per heavy atom. The molecule has 0 aromatic rings. The van der Waals surface area contributed by atoms with Crippen LogP contribution in [0, 0.1) is 0 Å². The highest BCUT2D eigenvalue weighted by Gasteiger charge is 2.42. The second kappa shape index (κ2) is 4.84. The molecule has 0 aliphatic carbocycles. The van der Waals surface area contributed by atoms with E-state index in [1.807, 2.05) is 0 Å². The molecule has 3 rings (SSSR count). The highest BCUT2D eigenvalue weighted by molar-refractivity contribution is 4.94. The van der Waals surface area contributed by atoms with Gasteiger partial charge in [0.25, 0.3) is 0 Å². The molecule has 3 saturated heterocycles. The Hall–Kier alpha value is -0.160. The quantitative estimate of drug-likeness (QED) is 0.734. The van der Waals surface area contributed by atoms with E-state index in [-0.39, 0.29) is 5.60 Å². The number of hydrogen-bond donors (Lipinski definition) is 1. The molecule has 3 aliphatic rings. The van der Waals surface area contributed by atoms with Crippen LogP contribution in [0.5, 0.6) is 0 Å². The molecule has 3 aliphatic heterocycles.